The summed E-state index contributed by atoms with van der Waals surface area (Å²) in [5.41, 5.74) is -0.123. The number of hydrogen-bond acceptors (Lipinski definition) is 5. The van der Waals surface area contributed by atoms with Crippen LogP contribution in [-0.2, 0) is 9.59 Å². The van der Waals surface area contributed by atoms with Crippen molar-refractivity contribution in [2.45, 2.75) is 50.4 Å². The summed E-state index contributed by atoms with van der Waals surface area (Å²) in [6, 6.07) is 5.53. The largest absolute Gasteiger partial charge is 0.493 e. The second kappa shape index (κ2) is 10.2. The molecule has 2 aromatic rings. The first kappa shape index (κ1) is 23.9. The van der Waals surface area contributed by atoms with E-state index in [-0.39, 0.29) is 23.2 Å². The van der Waals surface area contributed by atoms with Crippen LogP contribution in [0.4, 0.5) is 18.9 Å². The van der Waals surface area contributed by atoms with E-state index < -0.39 is 24.0 Å². The van der Waals surface area contributed by atoms with E-state index in [1.165, 1.54) is 32.4 Å². The lowest BCUT2D eigenvalue weighted by Gasteiger charge is -2.33. The van der Waals surface area contributed by atoms with Gasteiger partial charge in [-0.1, -0.05) is 25.3 Å². The highest BCUT2D eigenvalue weighted by molar-refractivity contribution is 7.10. The smallest absolute Gasteiger partial charge is 0.471 e. The quantitative estimate of drug-likeness (QED) is 0.628. The average molecular weight is 471 g/mol. The predicted octanol–water partition coefficient (Wildman–Crippen LogP) is 4.85. The molecular weight excluding hydrogens is 445 g/mol. The number of ether oxygens (including phenoxy) is 2. The Labute approximate surface area is 188 Å². The standard InChI is InChI=1S/C22H25F3N2O4S/c1-30-16-11-10-15(13-17(16)31-2)27(21(29)22(23,24)25)19(18-9-6-12-32-18)20(28)26-14-7-4-3-5-8-14/h6,9-14,19H,3-5,7-8H2,1-2H3,(H,26,28). The van der Waals surface area contributed by atoms with Gasteiger partial charge in [0.15, 0.2) is 17.5 Å². The molecule has 2 amide bonds. The van der Waals surface area contributed by atoms with Crippen LogP contribution in [0.5, 0.6) is 11.5 Å². The fraction of sp³-hybridized carbons (Fsp3) is 0.455. The number of nitrogens with zero attached hydrogens (tertiary/aromatic N) is 1. The fourth-order valence-electron chi connectivity index (χ4n) is 3.84. The van der Waals surface area contributed by atoms with Gasteiger partial charge in [0.2, 0.25) is 5.91 Å². The van der Waals surface area contributed by atoms with Gasteiger partial charge in [-0.25, -0.2) is 0 Å². The van der Waals surface area contributed by atoms with E-state index in [0.29, 0.717) is 9.78 Å². The zero-order valence-electron chi connectivity index (χ0n) is 17.8. The van der Waals surface area contributed by atoms with E-state index in [9.17, 15) is 22.8 Å². The van der Waals surface area contributed by atoms with Crippen LogP contribution >= 0.6 is 11.3 Å². The Bertz CT molecular complexity index is 928. The fourth-order valence-corrected chi connectivity index (χ4v) is 4.66. The number of carbonyl (C=O) groups excluding carboxylic acids is 2. The number of methoxy groups -OCH3 is 2. The van der Waals surface area contributed by atoms with Gasteiger partial charge in [-0.3, -0.25) is 14.5 Å². The second-order valence-corrected chi connectivity index (χ2v) is 8.45. The van der Waals surface area contributed by atoms with Crippen molar-refractivity contribution in [3.63, 3.8) is 0 Å². The van der Waals surface area contributed by atoms with E-state index in [1.54, 1.807) is 17.5 Å². The Hall–Kier alpha value is -2.75. The van der Waals surface area contributed by atoms with Crippen molar-refractivity contribution in [3.8, 4) is 11.5 Å². The molecule has 0 spiro atoms. The zero-order chi connectivity index (χ0) is 23.3. The van der Waals surface area contributed by atoms with Gasteiger partial charge < -0.3 is 14.8 Å². The Kier molecular flexibility index (Phi) is 7.65. The highest BCUT2D eigenvalue weighted by Gasteiger charge is 2.48. The van der Waals surface area contributed by atoms with Crippen molar-refractivity contribution in [2.75, 3.05) is 19.1 Å². The molecule has 3 rings (SSSR count). The van der Waals surface area contributed by atoms with Crippen LogP contribution in [0.15, 0.2) is 35.7 Å². The summed E-state index contributed by atoms with van der Waals surface area (Å²) in [6.07, 6.45) is -0.733. The summed E-state index contributed by atoms with van der Waals surface area (Å²) >= 11 is 1.11. The van der Waals surface area contributed by atoms with E-state index in [1.807, 2.05) is 0 Å². The van der Waals surface area contributed by atoms with Crippen molar-refractivity contribution in [1.82, 2.24) is 5.32 Å². The molecular formula is C22H25F3N2O4S. The molecule has 1 aliphatic rings. The van der Waals surface area contributed by atoms with Gasteiger partial charge >= 0.3 is 12.1 Å². The average Bonchev–Trinajstić information content (AvgIpc) is 3.30. The van der Waals surface area contributed by atoms with Crippen LogP contribution in [0.1, 0.15) is 43.0 Å². The minimum atomic E-state index is -5.19. The minimum Gasteiger partial charge on any atom is -0.493 e. The lowest BCUT2D eigenvalue weighted by molar-refractivity contribution is -0.171. The Morgan fingerprint density at radius 2 is 1.78 bits per heavy atom. The van der Waals surface area contributed by atoms with Crippen molar-refractivity contribution in [3.05, 3.63) is 40.6 Å². The molecule has 10 heteroatoms. The molecule has 6 nitrogen and oxygen atoms in total. The van der Waals surface area contributed by atoms with Crippen LogP contribution in [-0.4, -0.2) is 38.3 Å². The van der Waals surface area contributed by atoms with Gasteiger partial charge in [-0.2, -0.15) is 13.2 Å². The third kappa shape index (κ3) is 5.35. The van der Waals surface area contributed by atoms with Crippen LogP contribution < -0.4 is 19.7 Å². The maximum Gasteiger partial charge on any atom is 0.471 e. The number of amides is 2. The Morgan fingerprint density at radius 3 is 2.34 bits per heavy atom. The number of anilines is 1. The number of halogens is 3. The molecule has 1 aromatic carbocycles. The number of nitrogens with one attached hydrogen (secondary N) is 1. The Balaban J connectivity index is 2.07. The number of rotatable bonds is 7. The Morgan fingerprint density at radius 1 is 1.09 bits per heavy atom. The van der Waals surface area contributed by atoms with E-state index in [4.69, 9.17) is 9.47 Å². The van der Waals surface area contributed by atoms with Gasteiger partial charge in [0.05, 0.1) is 14.2 Å². The molecule has 1 atom stereocenters. The van der Waals surface area contributed by atoms with Gasteiger partial charge in [0.1, 0.15) is 0 Å². The predicted molar refractivity (Wildman–Crippen MR) is 115 cm³/mol. The molecule has 0 saturated heterocycles. The topological polar surface area (TPSA) is 67.9 Å². The van der Waals surface area contributed by atoms with Crippen LogP contribution in [0.25, 0.3) is 0 Å². The molecule has 1 aromatic heterocycles. The summed E-state index contributed by atoms with van der Waals surface area (Å²) in [6.45, 7) is 0. The summed E-state index contributed by atoms with van der Waals surface area (Å²) in [7, 11) is 2.73. The molecule has 1 heterocycles. The number of thiophene rings is 1. The number of benzene rings is 1. The first-order valence-corrected chi connectivity index (χ1v) is 11.1. The van der Waals surface area contributed by atoms with Crippen LogP contribution in [0.3, 0.4) is 0 Å². The van der Waals surface area contributed by atoms with Gasteiger partial charge in [-0.15, -0.1) is 11.3 Å². The van der Waals surface area contributed by atoms with E-state index >= 15 is 0 Å². The maximum atomic E-state index is 13.7. The first-order valence-electron chi connectivity index (χ1n) is 10.2. The van der Waals surface area contributed by atoms with Crippen LogP contribution in [0, 0.1) is 0 Å². The van der Waals surface area contributed by atoms with Gasteiger partial charge in [0, 0.05) is 22.7 Å². The van der Waals surface area contributed by atoms with Crippen molar-refractivity contribution in [1.29, 1.82) is 0 Å². The lowest BCUT2D eigenvalue weighted by Crippen LogP contribution is -2.50. The molecule has 1 saturated carbocycles. The van der Waals surface area contributed by atoms with Crippen molar-refractivity contribution in [2.24, 2.45) is 0 Å². The summed E-state index contributed by atoms with van der Waals surface area (Å²) < 4.78 is 51.3. The zero-order valence-corrected chi connectivity index (χ0v) is 18.6. The molecule has 0 bridgehead atoms. The number of carbonyl (C=O) groups is 2. The third-order valence-electron chi connectivity index (χ3n) is 5.38. The lowest BCUT2D eigenvalue weighted by atomic mass is 9.95. The van der Waals surface area contributed by atoms with Crippen LogP contribution in [0.2, 0.25) is 0 Å². The first-order chi connectivity index (χ1) is 15.3. The molecule has 1 aliphatic carbocycles. The summed E-state index contributed by atoms with van der Waals surface area (Å²) in [4.78, 5) is 26.7. The molecule has 1 unspecified atom stereocenters. The molecule has 1 fully saturated rings. The minimum absolute atomic E-state index is 0.123. The molecule has 0 aliphatic heterocycles. The monoisotopic (exact) mass is 470 g/mol. The highest BCUT2D eigenvalue weighted by atomic mass is 32.1. The molecule has 174 valence electrons. The van der Waals surface area contributed by atoms with E-state index in [2.05, 4.69) is 5.32 Å². The molecule has 32 heavy (non-hydrogen) atoms. The van der Waals surface area contributed by atoms with Crippen molar-refractivity contribution >= 4 is 28.8 Å². The third-order valence-corrected chi connectivity index (χ3v) is 6.30. The van der Waals surface area contributed by atoms with Gasteiger partial charge in [0.25, 0.3) is 0 Å². The maximum absolute atomic E-state index is 13.7. The normalized spacial score (nSPS) is 15.7. The highest BCUT2D eigenvalue weighted by Crippen LogP contribution is 2.38. The number of hydrogen-bond donors (Lipinski definition) is 1. The summed E-state index contributed by atoms with van der Waals surface area (Å²) in [5.74, 6) is -2.36. The SMILES string of the molecule is COc1ccc(N(C(=O)C(F)(F)F)C(C(=O)NC2CCCCC2)c2cccs2)cc1OC. The second-order valence-electron chi connectivity index (χ2n) is 7.47. The van der Waals surface area contributed by atoms with Gasteiger partial charge in [-0.05, 0) is 36.4 Å². The number of alkyl halides is 3. The molecule has 0 radical (unpaired) electrons. The van der Waals surface area contributed by atoms with E-state index in [0.717, 1.165) is 43.4 Å². The molecule has 1 N–H and O–H groups in total. The summed E-state index contributed by atoms with van der Waals surface area (Å²) in [5, 5.41) is 4.52. The van der Waals surface area contributed by atoms with Crippen molar-refractivity contribution < 1.29 is 32.2 Å².